The zero-order valence-electron chi connectivity index (χ0n) is 11.8. The molecule has 0 amide bonds. The molecule has 2 heterocycles. The summed E-state index contributed by atoms with van der Waals surface area (Å²) >= 11 is 6.31. The van der Waals surface area contributed by atoms with Gasteiger partial charge in [0.1, 0.15) is 5.78 Å². The van der Waals surface area contributed by atoms with Gasteiger partial charge in [0.05, 0.1) is 22.8 Å². The molecule has 20 heavy (non-hydrogen) atoms. The summed E-state index contributed by atoms with van der Waals surface area (Å²) in [6, 6.07) is 3.74. The van der Waals surface area contributed by atoms with E-state index >= 15 is 0 Å². The second kappa shape index (κ2) is 6.66. The quantitative estimate of drug-likeness (QED) is 0.822. The molecule has 4 nitrogen and oxygen atoms in total. The molecule has 0 bridgehead atoms. The molecule has 0 radical (unpaired) electrons. The van der Waals surface area contributed by atoms with Crippen LogP contribution < -0.4 is 0 Å². The van der Waals surface area contributed by atoms with Gasteiger partial charge < -0.3 is 0 Å². The Labute approximate surface area is 123 Å². The van der Waals surface area contributed by atoms with Crippen molar-refractivity contribution < 1.29 is 4.79 Å². The first kappa shape index (κ1) is 14.7. The number of hydrogen-bond acceptors (Lipinski definition) is 3. The third-order valence-electron chi connectivity index (χ3n) is 3.18. The van der Waals surface area contributed by atoms with Crippen molar-refractivity contribution >= 4 is 17.4 Å². The van der Waals surface area contributed by atoms with Crippen molar-refractivity contribution in [3.8, 4) is 0 Å². The van der Waals surface area contributed by atoms with E-state index in [-0.39, 0.29) is 5.78 Å². The number of halogens is 1. The molecule has 0 N–H and O–H groups in total. The lowest BCUT2D eigenvalue weighted by Gasteiger charge is -2.05. The Morgan fingerprint density at radius 1 is 1.35 bits per heavy atom. The fourth-order valence-electron chi connectivity index (χ4n) is 2.17. The van der Waals surface area contributed by atoms with Crippen LogP contribution in [-0.2, 0) is 30.6 Å². The Morgan fingerprint density at radius 2 is 2.15 bits per heavy atom. The Bertz CT molecular complexity index is 593. The highest BCUT2D eigenvalue weighted by Gasteiger charge is 2.17. The maximum absolute atomic E-state index is 12.2. The lowest BCUT2D eigenvalue weighted by atomic mass is 10.1. The van der Waals surface area contributed by atoms with Gasteiger partial charge in [-0.2, -0.15) is 5.10 Å². The van der Waals surface area contributed by atoms with E-state index in [9.17, 15) is 4.79 Å². The molecule has 0 unspecified atom stereocenters. The van der Waals surface area contributed by atoms with E-state index in [0.717, 1.165) is 29.9 Å². The highest BCUT2D eigenvalue weighted by Crippen LogP contribution is 2.22. The number of nitrogens with zero attached hydrogens (tertiary/aromatic N) is 3. The van der Waals surface area contributed by atoms with E-state index in [1.807, 2.05) is 30.7 Å². The summed E-state index contributed by atoms with van der Waals surface area (Å²) in [6.45, 7) is 4.72. The average molecular weight is 292 g/mol. The van der Waals surface area contributed by atoms with E-state index in [4.69, 9.17) is 11.6 Å². The lowest BCUT2D eigenvalue weighted by molar-refractivity contribution is -0.117. The molecule has 5 heteroatoms. The van der Waals surface area contributed by atoms with Gasteiger partial charge in [0.2, 0.25) is 0 Å². The summed E-state index contributed by atoms with van der Waals surface area (Å²) in [5, 5.41) is 5.06. The van der Waals surface area contributed by atoms with Crippen LogP contribution >= 0.6 is 11.6 Å². The maximum atomic E-state index is 12.2. The monoisotopic (exact) mass is 291 g/mol. The first-order chi connectivity index (χ1) is 9.65. The zero-order chi connectivity index (χ0) is 14.5. The number of pyridine rings is 1. The van der Waals surface area contributed by atoms with Crippen molar-refractivity contribution in [1.29, 1.82) is 0 Å². The Hall–Kier alpha value is -1.68. The molecule has 0 atom stereocenters. The number of aromatic nitrogens is 3. The van der Waals surface area contributed by atoms with Crippen LogP contribution in [0.1, 0.15) is 30.8 Å². The predicted octanol–water partition coefficient (Wildman–Crippen LogP) is 2.87. The molecule has 0 aromatic carbocycles. The largest absolute Gasteiger partial charge is 0.299 e. The Morgan fingerprint density at radius 3 is 2.75 bits per heavy atom. The third-order valence-corrected chi connectivity index (χ3v) is 3.62. The van der Waals surface area contributed by atoms with Gasteiger partial charge in [0.25, 0.3) is 0 Å². The first-order valence-electron chi connectivity index (χ1n) is 6.80. The van der Waals surface area contributed by atoms with Crippen LogP contribution in [0.15, 0.2) is 24.5 Å². The number of carbonyl (C=O) groups excluding carboxylic acids is 1. The van der Waals surface area contributed by atoms with Gasteiger partial charge in [-0.15, -0.1) is 0 Å². The molecule has 0 fully saturated rings. The zero-order valence-corrected chi connectivity index (χ0v) is 12.5. The van der Waals surface area contributed by atoms with Gasteiger partial charge in [-0.05, 0) is 25.0 Å². The van der Waals surface area contributed by atoms with E-state index in [1.54, 1.807) is 12.4 Å². The minimum Gasteiger partial charge on any atom is -0.299 e. The first-order valence-corrected chi connectivity index (χ1v) is 7.18. The summed E-state index contributed by atoms with van der Waals surface area (Å²) < 4.78 is 1.82. The SMILES string of the molecule is CCc1nn(CC)c(CC(=O)Cc2cccnc2)c1Cl. The van der Waals surface area contributed by atoms with Gasteiger partial charge in [-0.1, -0.05) is 24.6 Å². The molecule has 106 valence electrons. The van der Waals surface area contributed by atoms with Crippen molar-refractivity contribution in [3.63, 3.8) is 0 Å². The van der Waals surface area contributed by atoms with Gasteiger partial charge in [0, 0.05) is 25.4 Å². The number of ketones is 1. The summed E-state index contributed by atoms with van der Waals surface area (Å²) in [7, 11) is 0. The van der Waals surface area contributed by atoms with Crippen molar-refractivity contribution in [3.05, 3.63) is 46.5 Å². The molecule has 0 aliphatic heterocycles. The second-order valence-corrected chi connectivity index (χ2v) is 5.01. The maximum Gasteiger partial charge on any atom is 0.143 e. The molecule has 2 aromatic rings. The van der Waals surface area contributed by atoms with Crippen molar-refractivity contribution in [2.45, 2.75) is 39.7 Å². The minimum absolute atomic E-state index is 0.122. The van der Waals surface area contributed by atoms with Crippen LogP contribution in [0.2, 0.25) is 5.02 Å². The Balaban J connectivity index is 2.13. The number of rotatable bonds is 6. The standard InChI is InChI=1S/C15H18ClN3O/c1-3-13-15(16)14(19(4-2)18-13)9-12(20)8-11-6-5-7-17-10-11/h5-7,10H,3-4,8-9H2,1-2H3. The summed E-state index contributed by atoms with van der Waals surface area (Å²) in [5.74, 6) is 0.122. The average Bonchev–Trinajstić information content (AvgIpc) is 2.76. The van der Waals surface area contributed by atoms with Crippen LogP contribution in [-0.4, -0.2) is 20.5 Å². The summed E-state index contributed by atoms with van der Waals surface area (Å²) in [6.07, 6.45) is 4.88. The highest BCUT2D eigenvalue weighted by molar-refractivity contribution is 6.32. The van der Waals surface area contributed by atoms with Gasteiger partial charge in [-0.3, -0.25) is 14.5 Å². The van der Waals surface area contributed by atoms with Crippen LogP contribution in [0.4, 0.5) is 0 Å². The fraction of sp³-hybridized carbons (Fsp3) is 0.400. The molecule has 0 saturated heterocycles. The fourth-order valence-corrected chi connectivity index (χ4v) is 2.50. The topological polar surface area (TPSA) is 47.8 Å². The number of aryl methyl sites for hydroxylation is 2. The molecule has 0 saturated carbocycles. The summed E-state index contributed by atoms with van der Waals surface area (Å²) in [4.78, 5) is 16.2. The van der Waals surface area contributed by atoms with Crippen LogP contribution in [0.25, 0.3) is 0 Å². The van der Waals surface area contributed by atoms with Crippen LogP contribution in [0, 0.1) is 0 Å². The molecule has 2 aromatic heterocycles. The lowest BCUT2D eigenvalue weighted by Crippen LogP contribution is -2.12. The molecule has 0 spiro atoms. The molecule has 2 rings (SSSR count). The van der Waals surface area contributed by atoms with Crippen LogP contribution in [0.3, 0.4) is 0 Å². The highest BCUT2D eigenvalue weighted by atomic mass is 35.5. The van der Waals surface area contributed by atoms with Gasteiger partial charge in [-0.25, -0.2) is 0 Å². The van der Waals surface area contributed by atoms with E-state index in [1.165, 1.54) is 0 Å². The van der Waals surface area contributed by atoms with Crippen LogP contribution in [0.5, 0.6) is 0 Å². The smallest absolute Gasteiger partial charge is 0.143 e. The predicted molar refractivity (Wildman–Crippen MR) is 78.9 cm³/mol. The van der Waals surface area contributed by atoms with Crippen molar-refractivity contribution in [2.24, 2.45) is 0 Å². The minimum atomic E-state index is 0.122. The Kier molecular flexibility index (Phi) is 4.90. The third kappa shape index (κ3) is 3.25. The molecule has 0 aliphatic carbocycles. The number of carbonyl (C=O) groups is 1. The molecular weight excluding hydrogens is 274 g/mol. The second-order valence-electron chi connectivity index (χ2n) is 4.63. The van der Waals surface area contributed by atoms with E-state index in [2.05, 4.69) is 10.1 Å². The molecule has 0 aliphatic rings. The normalized spacial score (nSPS) is 10.8. The van der Waals surface area contributed by atoms with E-state index in [0.29, 0.717) is 17.9 Å². The van der Waals surface area contributed by atoms with Crippen molar-refractivity contribution in [1.82, 2.24) is 14.8 Å². The number of Topliss-reactive ketones (excluding diaryl/α,β-unsaturated/α-hetero) is 1. The van der Waals surface area contributed by atoms with E-state index < -0.39 is 0 Å². The summed E-state index contributed by atoms with van der Waals surface area (Å²) in [5.41, 5.74) is 2.60. The van der Waals surface area contributed by atoms with Crippen molar-refractivity contribution in [2.75, 3.05) is 0 Å². The molecular formula is C15H18ClN3O. The van der Waals surface area contributed by atoms with Gasteiger partial charge >= 0.3 is 0 Å². The van der Waals surface area contributed by atoms with Gasteiger partial charge in [0.15, 0.2) is 0 Å². The number of hydrogen-bond donors (Lipinski definition) is 0.